The predicted molar refractivity (Wildman–Crippen MR) is 82.0 cm³/mol. The van der Waals surface area contributed by atoms with Crippen molar-refractivity contribution >= 4 is 0 Å². The summed E-state index contributed by atoms with van der Waals surface area (Å²) in [7, 11) is 0. The van der Waals surface area contributed by atoms with E-state index in [2.05, 4.69) is 41.7 Å². The molecule has 0 aliphatic carbocycles. The van der Waals surface area contributed by atoms with Gasteiger partial charge in [0.05, 0.1) is 13.2 Å². The quantitative estimate of drug-likeness (QED) is 0.871. The molecule has 0 radical (unpaired) electrons. The molecular formula is C18H19NO2. The van der Waals surface area contributed by atoms with Crippen LogP contribution in [0.3, 0.4) is 0 Å². The van der Waals surface area contributed by atoms with E-state index in [-0.39, 0.29) is 0 Å². The fourth-order valence-electron chi connectivity index (χ4n) is 3.19. The molecule has 1 unspecified atom stereocenters. The van der Waals surface area contributed by atoms with Crippen molar-refractivity contribution < 1.29 is 9.47 Å². The maximum absolute atomic E-state index is 5.82. The van der Waals surface area contributed by atoms with Crippen LogP contribution < -0.4 is 14.8 Å². The van der Waals surface area contributed by atoms with Gasteiger partial charge in [0.15, 0.2) is 11.5 Å². The molecule has 0 saturated heterocycles. The minimum Gasteiger partial charge on any atom is -0.490 e. The molecule has 2 aromatic rings. The van der Waals surface area contributed by atoms with Crippen molar-refractivity contribution in [3.63, 3.8) is 0 Å². The van der Waals surface area contributed by atoms with E-state index in [9.17, 15) is 0 Å². The Bertz CT molecular complexity index is 653. The summed E-state index contributed by atoms with van der Waals surface area (Å²) < 4.78 is 11.5. The largest absolute Gasteiger partial charge is 0.490 e. The highest BCUT2D eigenvalue weighted by molar-refractivity contribution is 5.48. The Kier molecular flexibility index (Phi) is 3.28. The molecule has 1 N–H and O–H groups in total. The van der Waals surface area contributed by atoms with Crippen molar-refractivity contribution in [3.05, 3.63) is 59.2 Å². The van der Waals surface area contributed by atoms with Gasteiger partial charge < -0.3 is 14.8 Å². The molecule has 2 aliphatic heterocycles. The minimum absolute atomic E-state index is 0.382. The fourth-order valence-corrected chi connectivity index (χ4v) is 3.19. The van der Waals surface area contributed by atoms with Gasteiger partial charge in [-0.15, -0.1) is 0 Å². The van der Waals surface area contributed by atoms with E-state index < -0.39 is 0 Å². The SMILES string of the molecule is c1ccc2c(c1)CNCC2c1ccc2c(c1)OCCCO2. The van der Waals surface area contributed by atoms with E-state index in [0.717, 1.165) is 44.2 Å². The lowest BCUT2D eigenvalue weighted by Gasteiger charge is -2.27. The zero-order valence-electron chi connectivity index (χ0n) is 12.0. The number of rotatable bonds is 1. The van der Waals surface area contributed by atoms with Crippen LogP contribution >= 0.6 is 0 Å². The van der Waals surface area contributed by atoms with Crippen LogP contribution in [0.15, 0.2) is 42.5 Å². The Morgan fingerprint density at radius 3 is 2.76 bits per heavy atom. The second kappa shape index (κ2) is 5.41. The number of ether oxygens (including phenoxy) is 2. The average molecular weight is 281 g/mol. The smallest absolute Gasteiger partial charge is 0.161 e. The van der Waals surface area contributed by atoms with E-state index in [4.69, 9.17) is 9.47 Å². The molecule has 2 aromatic carbocycles. The maximum Gasteiger partial charge on any atom is 0.161 e. The maximum atomic E-state index is 5.82. The Morgan fingerprint density at radius 2 is 1.81 bits per heavy atom. The van der Waals surface area contributed by atoms with Gasteiger partial charge in [0.2, 0.25) is 0 Å². The first-order chi connectivity index (χ1) is 10.4. The Morgan fingerprint density at radius 1 is 0.952 bits per heavy atom. The van der Waals surface area contributed by atoms with Gasteiger partial charge in [0, 0.05) is 25.4 Å². The van der Waals surface area contributed by atoms with Crippen LogP contribution in [0.5, 0.6) is 11.5 Å². The van der Waals surface area contributed by atoms with Crippen molar-refractivity contribution in [3.8, 4) is 11.5 Å². The lowest BCUT2D eigenvalue weighted by Crippen LogP contribution is -2.28. The highest BCUT2D eigenvalue weighted by Gasteiger charge is 2.22. The third-order valence-corrected chi connectivity index (χ3v) is 4.27. The summed E-state index contributed by atoms with van der Waals surface area (Å²) in [6, 6.07) is 15.0. The van der Waals surface area contributed by atoms with Gasteiger partial charge >= 0.3 is 0 Å². The van der Waals surface area contributed by atoms with Crippen molar-refractivity contribution in [2.75, 3.05) is 19.8 Å². The van der Waals surface area contributed by atoms with Crippen molar-refractivity contribution in [2.24, 2.45) is 0 Å². The monoisotopic (exact) mass is 281 g/mol. The topological polar surface area (TPSA) is 30.5 Å². The van der Waals surface area contributed by atoms with Crippen molar-refractivity contribution in [1.29, 1.82) is 0 Å². The van der Waals surface area contributed by atoms with Crippen LogP contribution in [0.25, 0.3) is 0 Å². The second-order valence-corrected chi connectivity index (χ2v) is 5.64. The highest BCUT2D eigenvalue weighted by Crippen LogP contribution is 2.36. The van der Waals surface area contributed by atoms with Gasteiger partial charge in [-0.3, -0.25) is 0 Å². The van der Waals surface area contributed by atoms with Crippen molar-refractivity contribution in [2.45, 2.75) is 18.9 Å². The zero-order chi connectivity index (χ0) is 14.1. The first-order valence-electron chi connectivity index (χ1n) is 7.60. The number of fused-ring (bicyclic) bond motifs is 2. The molecule has 4 rings (SSSR count). The van der Waals surface area contributed by atoms with Gasteiger partial charge in [-0.2, -0.15) is 0 Å². The Labute approximate surface area is 124 Å². The fraction of sp³-hybridized carbons (Fsp3) is 0.333. The second-order valence-electron chi connectivity index (χ2n) is 5.64. The molecule has 2 aliphatic rings. The summed E-state index contributed by atoms with van der Waals surface area (Å²) in [5.74, 6) is 2.13. The third-order valence-electron chi connectivity index (χ3n) is 4.27. The van der Waals surface area contributed by atoms with Crippen LogP contribution in [-0.2, 0) is 6.54 Å². The van der Waals surface area contributed by atoms with E-state index >= 15 is 0 Å². The highest BCUT2D eigenvalue weighted by atomic mass is 16.5. The molecule has 21 heavy (non-hydrogen) atoms. The van der Waals surface area contributed by atoms with Crippen LogP contribution in [0, 0.1) is 0 Å². The van der Waals surface area contributed by atoms with E-state index in [1.54, 1.807) is 0 Å². The van der Waals surface area contributed by atoms with Gasteiger partial charge in [-0.25, -0.2) is 0 Å². The van der Waals surface area contributed by atoms with E-state index in [1.807, 2.05) is 6.07 Å². The zero-order valence-corrected chi connectivity index (χ0v) is 12.0. The summed E-state index contributed by atoms with van der Waals surface area (Å²) >= 11 is 0. The molecule has 0 bridgehead atoms. The van der Waals surface area contributed by atoms with Gasteiger partial charge in [0.25, 0.3) is 0 Å². The summed E-state index contributed by atoms with van der Waals surface area (Å²) in [5, 5.41) is 3.51. The van der Waals surface area contributed by atoms with Crippen molar-refractivity contribution in [1.82, 2.24) is 5.32 Å². The van der Waals surface area contributed by atoms with E-state index in [1.165, 1.54) is 16.7 Å². The minimum atomic E-state index is 0.382. The lowest BCUT2D eigenvalue weighted by atomic mass is 9.85. The standard InChI is InChI=1S/C18H19NO2/c1-2-5-15-14(4-1)11-19-12-16(15)13-6-7-17-18(10-13)21-9-3-8-20-17/h1-2,4-7,10,16,19H,3,8-9,11-12H2. The first-order valence-corrected chi connectivity index (χ1v) is 7.60. The molecular weight excluding hydrogens is 262 g/mol. The molecule has 0 fully saturated rings. The van der Waals surface area contributed by atoms with Gasteiger partial charge in [-0.1, -0.05) is 30.3 Å². The molecule has 1 atom stereocenters. The predicted octanol–water partition coefficient (Wildman–Crippen LogP) is 3.08. The van der Waals surface area contributed by atoms with Crippen LogP contribution in [0.2, 0.25) is 0 Å². The number of benzene rings is 2. The summed E-state index contributed by atoms with van der Waals surface area (Å²) in [4.78, 5) is 0. The molecule has 3 nitrogen and oxygen atoms in total. The lowest BCUT2D eigenvalue weighted by molar-refractivity contribution is 0.297. The molecule has 0 spiro atoms. The molecule has 3 heteroatoms. The Balaban J connectivity index is 1.73. The number of hydrogen-bond acceptors (Lipinski definition) is 3. The average Bonchev–Trinajstić information content (AvgIpc) is 2.79. The van der Waals surface area contributed by atoms with Gasteiger partial charge in [-0.05, 0) is 28.8 Å². The van der Waals surface area contributed by atoms with Gasteiger partial charge in [0.1, 0.15) is 0 Å². The Hall–Kier alpha value is -2.00. The summed E-state index contributed by atoms with van der Waals surface area (Å²) in [6.07, 6.45) is 0.942. The number of hydrogen-bond donors (Lipinski definition) is 1. The first kappa shape index (κ1) is 12.7. The van der Waals surface area contributed by atoms with Crippen LogP contribution in [0.4, 0.5) is 0 Å². The molecule has 0 aromatic heterocycles. The third kappa shape index (κ3) is 2.38. The molecule has 0 amide bonds. The molecule has 108 valence electrons. The van der Waals surface area contributed by atoms with Crippen LogP contribution in [-0.4, -0.2) is 19.8 Å². The summed E-state index contributed by atoms with van der Waals surface area (Å²) in [6.45, 7) is 3.39. The number of nitrogens with one attached hydrogen (secondary N) is 1. The van der Waals surface area contributed by atoms with Crippen LogP contribution in [0.1, 0.15) is 29.0 Å². The molecule has 0 saturated carbocycles. The van der Waals surface area contributed by atoms with E-state index in [0.29, 0.717) is 5.92 Å². The summed E-state index contributed by atoms with van der Waals surface area (Å²) in [5.41, 5.74) is 4.10. The molecule has 2 heterocycles. The normalized spacial score (nSPS) is 20.5.